The molecule has 1 heterocycles. The minimum Gasteiger partial charge on any atom is -0.481 e. The fraction of sp³-hybridized carbons (Fsp3) is 0.500. The van der Waals surface area contributed by atoms with E-state index < -0.39 is 30.4 Å². The van der Waals surface area contributed by atoms with Gasteiger partial charge in [-0.2, -0.15) is 0 Å². The van der Waals surface area contributed by atoms with E-state index in [9.17, 15) is 19.5 Å². The van der Waals surface area contributed by atoms with Gasteiger partial charge in [-0.15, -0.1) is 0 Å². The van der Waals surface area contributed by atoms with Crippen LogP contribution < -0.4 is 73.6 Å². The molecule has 0 unspecified atom stereocenters. The molecule has 1 fully saturated rings. The van der Waals surface area contributed by atoms with Crippen molar-refractivity contribution < 1.29 is 49.0 Å². The Kier molecular flexibility index (Phi) is 15.9. The van der Waals surface area contributed by atoms with Gasteiger partial charge in [-0.3, -0.25) is 19.4 Å². The number of aliphatic carboxylic acids is 1. The fourth-order valence-corrected chi connectivity index (χ4v) is 3.41. The summed E-state index contributed by atoms with van der Waals surface area (Å²) in [5.74, 6) is -2.17. The van der Waals surface area contributed by atoms with Gasteiger partial charge in [-0.1, -0.05) is 60.4 Å². The van der Waals surface area contributed by atoms with Gasteiger partial charge < -0.3 is 27.2 Å². The van der Waals surface area contributed by atoms with Crippen LogP contribution in [0.4, 0.5) is 0 Å². The molecule has 13 nitrogen and oxygen atoms in total. The standard InChI is InChI=1S/C22H32N9O4.Na/c23-22(24)25-12-8-3-1-2-7-11-18(32)26-17(14-19(33)34)21(35)27-16(20-28-30-31-29-20)13-15-9-5-4-6-10-15;/h4-6,9-10,16-17H,1-3,7-8,11-14H2,(H,26,32)(H,27,35)(H,33,34)(H4,23,24,25);/q;+1/t16-,17-;/m0./s1. The second kappa shape index (κ2) is 18.1. The minimum absolute atomic E-state index is 0. The zero-order valence-electron chi connectivity index (χ0n) is 20.5. The Morgan fingerprint density at radius 1 is 0.944 bits per heavy atom. The van der Waals surface area contributed by atoms with Crippen molar-refractivity contribution in [1.29, 1.82) is 0 Å². The Morgan fingerprint density at radius 3 is 2.22 bits per heavy atom. The number of carbonyl (C=O) groups excluding carboxylic acids is 2. The number of benzene rings is 1. The monoisotopic (exact) mass is 509 g/mol. The van der Waals surface area contributed by atoms with Gasteiger partial charge in [-0.25, -0.2) is 0 Å². The van der Waals surface area contributed by atoms with Crippen LogP contribution in [0.5, 0.6) is 0 Å². The second-order valence-electron chi connectivity index (χ2n) is 8.03. The van der Waals surface area contributed by atoms with Crippen molar-refractivity contribution >= 4 is 23.7 Å². The third kappa shape index (κ3) is 13.2. The van der Waals surface area contributed by atoms with E-state index in [0.717, 1.165) is 31.2 Å². The van der Waals surface area contributed by atoms with Crippen molar-refractivity contribution in [3.63, 3.8) is 0 Å². The van der Waals surface area contributed by atoms with Gasteiger partial charge in [0.25, 0.3) is 0 Å². The molecular weight excluding hydrogens is 477 g/mol. The summed E-state index contributed by atoms with van der Waals surface area (Å²) in [6.45, 7) is 0.571. The molecule has 7 N–H and O–H groups in total. The average Bonchev–Trinajstić information content (AvgIpc) is 3.35. The number of amides is 2. The van der Waals surface area contributed by atoms with Gasteiger partial charge in [0, 0.05) is 13.0 Å². The number of aliphatic imine (C=N–C) groups is 1. The summed E-state index contributed by atoms with van der Waals surface area (Å²) >= 11 is 0. The summed E-state index contributed by atoms with van der Waals surface area (Å²) in [7, 11) is 0. The maximum atomic E-state index is 12.9. The summed E-state index contributed by atoms with van der Waals surface area (Å²) in [6.07, 6.45) is 4.30. The molecule has 189 valence electrons. The van der Waals surface area contributed by atoms with E-state index in [2.05, 4.69) is 37.5 Å². The molecule has 1 saturated heterocycles. The van der Waals surface area contributed by atoms with Crippen molar-refractivity contribution in [3.8, 4) is 0 Å². The molecule has 1 aliphatic rings. The summed E-state index contributed by atoms with van der Waals surface area (Å²) in [5.41, 5.74) is 26.0. The number of rotatable bonds is 16. The van der Waals surface area contributed by atoms with E-state index in [1.54, 1.807) is 0 Å². The van der Waals surface area contributed by atoms with Gasteiger partial charge >= 0.3 is 35.5 Å². The number of hydrogen-bond acceptors (Lipinski definition) is 4. The molecule has 0 aliphatic carbocycles. The van der Waals surface area contributed by atoms with Crippen molar-refractivity contribution in [2.75, 3.05) is 6.54 Å². The first-order chi connectivity index (χ1) is 16.8. The van der Waals surface area contributed by atoms with E-state index in [1.807, 2.05) is 30.3 Å². The first-order valence-electron chi connectivity index (χ1n) is 11.4. The molecule has 36 heavy (non-hydrogen) atoms. The molecule has 2 rings (SSSR count). The first kappa shape index (κ1) is 31.8. The van der Waals surface area contributed by atoms with E-state index in [1.165, 1.54) is 0 Å². The minimum atomic E-state index is -1.24. The van der Waals surface area contributed by atoms with Crippen LogP contribution in [0, 0.1) is 6.17 Å². The van der Waals surface area contributed by atoms with E-state index >= 15 is 0 Å². The molecule has 2 amide bonds. The van der Waals surface area contributed by atoms with Gasteiger partial charge in [0.05, 0.1) is 12.5 Å². The van der Waals surface area contributed by atoms with Crippen LogP contribution in [-0.4, -0.2) is 47.5 Å². The summed E-state index contributed by atoms with van der Waals surface area (Å²) in [5, 5.41) is 14.5. The van der Waals surface area contributed by atoms with Crippen LogP contribution in [0.3, 0.4) is 0 Å². The number of unbranched alkanes of at least 4 members (excludes halogenated alkanes) is 4. The predicted octanol–water partition coefficient (Wildman–Crippen LogP) is -4.04. The molecule has 0 spiro atoms. The Labute approximate surface area is 233 Å². The summed E-state index contributed by atoms with van der Waals surface area (Å²) in [4.78, 5) is 40.5. The molecular formula is C22H32N9NaO4+. The molecule has 0 bridgehead atoms. The van der Waals surface area contributed by atoms with Crippen LogP contribution in [0.2, 0.25) is 0 Å². The second-order valence-corrected chi connectivity index (χ2v) is 8.03. The smallest absolute Gasteiger partial charge is 0.481 e. The molecule has 2 atom stereocenters. The van der Waals surface area contributed by atoms with E-state index in [-0.39, 0.29) is 54.0 Å². The number of guanidine groups is 1. The van der Waals surface area contributed by atoms with Gasteiger partial charge in [0.1, 0.15) is 6.04 Å². The molecule has 1 aliphatic heterocycles. The van der Waals surface area contributed by atoms with Gasteiger partial charge in [-0.05, 0) is 35.9 Å². The van der Waals surface area contributed by atoms with Crippen LogP contribution in [0.1, 0.15) is 50.5 Å². The molecule has 0 saturated carbocycles. The zero-order valence-corrected chi connectivity index (χ0v) is 22.5. The maximum absolute atomic E-state index is 12.9. The third-order valence-electron chi connectivity index (χ3n) is 5.13. The van der Waals surface area contributed by atoms with Crippen LogP contribution >= 0.6 is 0 Å². The molecule has 1 aromatic rings. The Morgan fingerprint density at radius 2 is 1.58 bits per heavy atom. The number of carboxylic acids is 1. The van der Waals surface area contributed by atoms with Crippen molar-refractivity contribution in [2.24, 2.45) is 16.5 Å². The predicted molar refractivity (Wildman–Crippen MR) is 126 cm³/mol. The van der Waals surface area contributed by atoms with E-state index in [4.69, 9.17) is 11.5 Å². The van der Waals surface area contributed by atoms with Crippen molar-refractivity contribution in [2.45, 2.75) is 63.5 Å². The van der Waals surface area contributed by atoms with Crippen molar-refractivity contribution in [3.05, 3.63) is 42.1 Å². The van der Waals surface area contributed by atoms with Gasteiger partial charge in [0.15, 0.2) is 12.1 Å². The molecule has 5 radical (unpaired) electrons. The Balaban J connectivity index is 0.00000648. The Hall–Kier alpha value is -2.26. The number of nitrogens with one attached hydrogen (secondary N) is 2. The zero-order chi connectivity index (χ0) is 25.5. The number of nitrogens with two attached hydrogens (primary N) is 2. The topological polar surface area (TPSA) is 216 Å². The normalized spacial score (nSPS) is 14.8. The summed E-state index contributed by atoms with van der Waals surface area (Å²) in [6, 6.07) is 7.40. The average molecular weight is 510 g/mol. The number of nitrogens with zero attached hydrogens (tertiary/aromatic N) is 5. The van der Waals surface area contributed by atoms with E-state index in [0.29, 0.717) is 19.4 Å². The summed E-state index contributed by atoms with van der Waals surface area (Å²) < 4.78 is 0. The Bertz CT molecular complexity index is 834. The maximum Gasteiger partial charge on any atom is 1.00 e. The SMILES string of the molecule is NC(N)=NCCCCCCCC(=O)N[C@@H](CC(=O)O)C(=O)N[C@@H](Cc1ccccc1)[C]1[N][N][N][N]1.[Na+]. The molecule has 0 aromatic heterocycles. The van der Waals surface area contributed by atoms with Crippen molar-refractivity contribution in [1.82, 2.24) is 32.6 Å². The molecule has 14 heteroatoms. The number of hydrogen-bond donors (Lipinski definition) is 5. The molecule has 1 aromatic carbocycles. The third-order valence-corrected chi connectivity index (χ3v) is 5.13. The quantitative estimate of drug-likeness (QED) is 0.0646. The largest absolute Gasteiger partial charge is 1.00 e. The van der Waals surface area contributed by atoms with Gasteiger partial charge in [0.2, 0.25) is 11.8 Å². The van der Waals surface area contributed by atoms with Crippen LogP contribution in [0.15, 0.2) is 35.3 Å². The first-order valence-corrected chi connectivity index (χ1v) is 11.4. The van der Waals surface area contributed by atoms with Crippen LogP contribution in [0.25, 0.3) is 0 Å². The van der Waals surface area contributed by atoms with Crippen LogP contribution in [-0.2, 0) is 20.8 Å². The number of carboxylic acid groups (broad SMARTS) is 1. The number of carbonyl (C=O) groups is 3. The fourth-order valence-electron chi connectivity index (χ4n) is 3.41.